The van der Waals surface area contributed by atoms with Gasteiger partial charge in [0.1, 0.15) is 0 Å². The van der Waals surface area contributed by atoms with Crippen LogP contribution in [0, 0.1) is 16.0 Å². The zero-order valence-corrected chi connectivity index (χ0v) is 13.2. The maximum atomic E-state index is 11.1. The van der Waals surface area contributed by atoms with E-state index in [1.807, 2.05) is 12.1 Å². The van der Waals surface area contributed by atoms with Crippen molar-refractivity contribution in [2.24, 2.45) is 5.92 Å². The summed E-state index contributed by atoms with van der Waals surface area (Å²) in [5.41, 5.74) is 0.980. The van der Waals surface area contributed by atoms with E-state index in [0.717, 1.165) is 23.0 Å². The minimum absolute atomic E-state index is 0.193. The van der Waals surface area contributed by atoms with Crippen molar-refractivity contribution < 1.29 is 4.92 Å². The van der Waals surface area contributed by atoms with Gasteiger partial charge in [-0.1, -0.05) is 42.8 Å². The highest BCUT2D eigenvalue weighted by atomic mass is 79.9. The fourth-order valence-electron chi connectivity index (χ4n) is 1.99. The summed E-state index contributed by atoms with van der Waals surface area (Å²) < 4.78 is 0.741. The van der Waals surface area contributed by atoms with Gasteiger partial charge in [-0.3, -0.25) is 10.1 Å². The van der Waals surface area contributed by atoms with Crippen LogP contribution in [0.15, 0.2) is 22.7 Å². The molecule has 1 atom stereocenters. The average Bonchev–Trinajstić information content (AvgIpc) is 2.35. The highest BCUT2D eigenvalue weighted by molar-refractivity contribution is 9.10. The third kappa shape index (κ3) is 4.91. The lowest BCUT2D eigenvalue weighted by atomic mass is 9.95. The Balaban J connectivity index is 2.92. The second-order valence-corrected chi connectivity index (χ2v) is 5.95. The smallest absolute Gasteiger partial charge is 0.273 e. The Morgan fingerprint density at radius 3 is 2.63 bits per heavy atom. The van der Waals surface area contributed by atoms with Crippen molar-refractivity contribution in [3.8, 4) is 0 Å². The van der Waals surface area contributed by atoms with Gasteiger partial charge >= 0.3 is 0 Å². The molecular formula is C14H21BrN2O2. The largest absolute Gasteiger partial charge is 0.313 e. The van der Waals surface area contributed by atoms with Crippen LogP contribution in [0.4, 0.5) is 5.69 Å². The summed E-state index contributed by atoms with van der Waals surface area (Å²) in [7, 11) is 0. The van der Waals surface area contributed by atoms with Gasteiger partial charge in [-0.25, -0.2) is 0 Å². The first kappa shape index (κ1) is 16.1. The Hall–Kier alpha value is -0.940. The predicted molar refractivity (Wildman–Crippen MR) is 81.4 cm³/mol. The minimum Gasteiger partial charge on any atom is -0.313 e. The van der Waals surface area contributed by atoms with E-state index in [2.05, 4.69) is 42.0 Å². The second-order valence-electron chi connectivity index (χ2n) is 5.04. The van der Waals surface area contributed by atoms with Crippen LogP contribution in [0.1, 0.15) is 32.8 Å². The molecule has 106 valence electrons. The summed E-state index contributed by atoms with van der Waals surface area (Å²) in [6.45, 7) is 7.33. The van der Waals surface area contributed by atoms with Crippen molar-refractivity contribution in [3.05, 3.63) is 38.3 Å². The van der Waals surface area contributed by atoms with E-state index in [0.29, 0.717) is 12.3 Å². The van der Waals surface area contributed by atoms with Gasteiger partial charge in [0.15, 0.2) is 0 Å². The SMILES string of the molecule is CCCNC(Cc1ccc(Br)cc1[N+](=O)[O-])C(C)C. The first-order valence-electron chi connectivity index (χ1n) is 6.61. The van der Waals surface area contributed by atoms with Crippen molar-refractivity contribution in [1.82, 2.24) is 5.32 Å². The molecule has 0 spiro atoms. The summed E-state index contributed by atoms with van der Waals surface area (Å²) in [6.07, 6.45) is 1.74. The molecule has 0 aliphatic carbocycles. The topological polar surface area (TPSA) is 55.2 Å². The molecule has 19 heavy (non-hydrogen) atoms. The van der Waals surface area contributed by atoms with Gasteiger partial charge in [0.2, 0.25) is 0 Å². The van der Waals surface area contributed by atoms with E-state index in [4.69, 9.17) is 0 Å². The molecule has 0 saturated heterocycles. The van der Waals surface area contributed by atoms with Crippen LogP contribution in [-0.2, 0) is 6.42 Å². The fourth-order valence-corrected chi connectivity index (χ4v) is 2.34. The Kier molecular flexibility index (Phi) is 6.45. The zero-order valence-electron chi connectivity index (χ0n) is 11.6. The van der Waals surface area contributed by atoms with Crippen LogP contribution in [-0.4, -0.2) is 17.5 Å². The van der Waals surface area contributed by atoms with Crippen LogP contribution < -0.4 is 5.32 Å². The quantitative estimate of drug-likeness (QED) is 0.609. The molecule has 0 saturated carbocycles. The van der Waals surface area contributed by atoms with Crippen LogP contribution in [0.2, 0.25) is 0 Å². The number of nitrogens with zero attached hydrogens (tertiary/aromatic N) is 1. The van der Waals surface area contributed by atoms with E-state index < -0.39 is 0 Å². The highest BCUT2D eigenvalue weighted by Crippen LogP contribution is 2.25. The van der Waals surface area contributed by atoms with Gasteiger partial charge in [-0.15, -0.1) is 0 Å². The molecule has 0 amide bonds. The number of nitro groups is 1. The normalized spacial score (nSPS) is 12.7. The number of halogens is 1. The molecule has 0 aliphatic heterocycles. The fraction of sp³-hybridized carbons (Fsp3) is 0.571. The number of nitro benzene ring substituents is 1. The van der Waals surface area contributed by atoms with Crippen molar-refractivity contribution in [1.29, 1.82) is 0 Å². The summed E-state index contributed by atoms with van der Waals surface area (Å²) >= 11 is 3.28. The van der Waals surface area contributed by atoms with Gasteiger partial charge in [-0.2, -0.15) is 0 Å². The molecule has 0 fully saturated rings. The van der Waals surface area contributed by atoms with Gasteiger partial charge in [0.25, 0.3) is 5.69 Å². The first-order chi connectivity index (χ1) is 8.95. The van der Waals surface area contributed by atoms with Crippen LogP contribution in [0.25, 0.3) is 0 Å². The number of hydrogen-bond acceptors (Lipinski definition) is 3. The maximum absolute atomic E-state index is 11.1. The first-order valence-corrected chi connectivity index (χ1v) is 7.41. The molecule has 1 aromatic rings. The molecule has 1 rings (SSSR count). The summed E-state index contributed by atoms with van der Waals surface area (Å²) in [4.78, 5) is 10.8. The van der Waals surface area contributed by atoms with E-state index in [1.165, 1.54) is 0 Å². The minimum atomic E-state index is -0.308. The molecule has 0 aliphatic rings. The molecular weight excluding hydrogens is 308 g/mol. The molecule has 1 unspecified atom stereocenters. The molecule has 0 bridgehead atoms. The molecule has 5 heteroatoms. The molecule has 1 N–H and O–H groups in total. The molecule has 0 heterocycles. The number of benzene rings is 1. The Labute approximate surface area is 122 Å². The van der Waals surface area contributed by atoms with E-state index in [1.54, 1.807) is 6.07 Å². The number of nitrogens with one attached hydrogen (secondary N) is 1. The molecule has 0 aromatic heterocycles. The molecule has 1 aromatic carbocycles. The Morgan fingerprint density at radius 1 is 1.42 bits per heavy atom. The number of rotatable bonds is 7. The molecule has 4 nitrogen and oxygen atoms in total. The average molecular weight is 329 g/mol. The third-order valence-electron chi connectivity index (χ3n) is 3.15. The second kappa shape index (κ2) is 7.60. The van der Waals surface area contributed by atoms with Crippen LogP contribution in [0.5, 0.6) is 0 Å². The van der Waals surface area contributed by atoms with Crippen molar-refractivity contribution in [3.63, 3.8) is 0 Å². The monoisotopic (exact) mass is 328 g/mol. The van der Waals surface area contributed by atoms with Crippen molar-refractivity contribution in [2.45, 2.75) is 39.7 Å². The van der Waals surface area contributed by atoms with Crippen LogP contribution in [0.3, 0.4) is 0 Å². The van der Waals surface area contributed by atoms with Gasteiger partial charge < -0.3 is 5.32 Å². The highest BCUT2D eigenvalue weighted by Gasteiger charge is 2.20. The zero-order chi connectivity index (χ0) is 14.4. The predicted octanol–water partition coefficient (Wildman–Crippen LogP) is 3.92. The summed E-state index contributed by atoms with van der Waals surface area (Å²) in [5, 5.41) is 14.6. The van der Waals surface area contributed by atoms with Gasteiger partial charge in [0.05, 0.1) is 4.92 Å². The number of hydrogen-bond donors (Lipinski definition) is 1. The van der Waals surface area contributed by atoms with E-state index in [9.17, 15) is 10.1 Å². The van der Waals surface area contributed by atoms with E-state index >= 15 is 0 Å². The van der Waals surface area contributed by atoms with E-state index in [-0.39, 0.29) is 16.7 Å². The van der Waals surface area contributed by atoms with Crippen molar-refractivity contribution >= 4 is 21.6 Å². The standard InChI is InChI=1S/C14H21BrN2O2/c1-4-7-16-13(10(2)3)8-11-5-6-12(15)9-14(11)17(18)19/h5-6,9-10,13,16H,4,7-8H2,1-3H3. The third-order valence-corrected chi connectivity index (χ3v) is 3.64. The van der Waals surface area contributed by atoms with Gasteiger partial charge in [0, 0.05) is 22.1 Å². The van der Waals surface area contributed by atoms with Crippen molar-refractivity contribution in [2.75, 3.05) is 6.54 Å². The molecule has 0 radical (unpaired) electrons. The van der Waals surface area contributed by atoms with Crippen LogP contribution >= 0.6 is 15.9 Å². The Bertz CT molecular complexity index is 435. The lowest BCUT2D eigenvalue weighted by Gasteiger charge is -2.22. The summed E-state index contributed by atoms with van der Waals surface area (Å²) in [6, 6.07) is 5.54. The summed E-state index contributed by atoms with van der Waals surface area (Å²) in [5.74, 6) is 0.440. The lowest BCUT2D eigenvalue weighted by Crippen LogP contribution is -2.36. The lowest BCUT2D eigenvalue weighted by molar-refractivity contribution is -0.385. The maximum Gasteiger partial charge on any atom is 0.273 e. The Morgan fingerprint density at radius 2 is 2.11 bits per heavy atom. The van der Waals surface area contributed by atoms with Gasteiger partial charge in [-0.05, 0) is 31.4 Å².